The predicted molar refractivity (Wildman–Crippen MR) is 222 cm³/mol. The molecule has 0 bridgehead atoms. The average molecular weight is 783 g/mol. The largest absolute Gasteiger partial charge is 0.493 e. The van der Waals surface area contributed by atoms with Crippen LogP contribution >= 0.6 is 24.0 Å². The van der Waals surface area contributed by atoms with Crippen molar-refractivity contribution in [1.29, 1.82) is 0 Å². The van der Waals surface area contributed by atoms with E-state index >= 15 is 0 Å². The van der Waals surface area contributed by atoms with Gasteiger partial charge >= 0.3 is 0 Å². The van der Waals surface area contributed by atoms with Gasteiger partial charge in [0.2, 0.25) is 11.8 Å². The van der Waals surface area contributed by atoms with Crippen molar-refractivity contribution in [1.82, 2.24) is 14.8 Å². The molecule has 8 nitrogen and oxygen atoms in total. The Bertz CT molecular complexity index is 1990. The van der Waals surface area contributed by atoms with Crippen LogP contribution in [0, 0.1) is 13.8 Å². The number of piperazine rings is 1. The number of hydrogen-bond donors (Lipinski definition) is 0. The molecule has 0 atom stereocenters. The molecule has 4 aromatic carbocycles. The van der Waals surface area contributed by atoms with Crippen LogP contribution in [0.5, 0.6) is 28.9 Å². The van der Waals surface area contributed by atoms with Crippen molar-refractivity contribution in [3.8, 4) is 28.9 Å². The smallest absolute Gasteiger partial charge is 0.246 e. The van der Waals surface area contributed by atoms with E-state index in [4.69, 9.17) is 30.5 Å². The van der Waals surface area contributed by atoms with Gasteiger partial charge in [0.25, 0.3) is 0 Å². The maximum absolute atomic E-state index is 13.1. The summed E-state index contributed by atoms with van der Waals surface area (Å²) in [5.74, 6) is 3.56. The lowest BCUT2D eigenvalue weighted by Gasteiger charge is -2.34. The van der Waals surface area contributed by atoms with E-state index in [1.165, 1.54) is 11.1 Å². The molecule has 1 aromatic heterocycles. The van der Waals surface area contributed by atoms with E-state index in [0.29, 0.717) is 43.0 Å². The monoisotopic (exact) mass is 781 g/mol. The Morgan fingerprint density at radius 1 is 0.818 bits per heavy atom. The van der Waals surface area contributed by atoms with Gasteiger partial charge in [-0.05, 0) is 110 Å². The van der Waals surface area contributed by atoms with Crippen LogP contribution in [0.4, 0.5) is 0 Å². The van der Waals surface area contributed by atoms with Gasteiger partial charge in [0.1, 0.15) is 29.6 Å². The first-order valence-electron chi connectivity index (χ1n) is 18.5. The molecule has 10 heteroatoms. The van der Waals surface area contributed by atoms with Crippen molar-refractivity contribution in [3.05, 3.63) is 148 Å². The van der Waals surface area contributed by atoms with Crippen LogP contribution in [0.15, 0.2) is 109 Å². The van der Waals surface area contributed by atoms with Gasteiger partial charge in [0, 0.05) is 61.9 Å². The molecule has 0 aliphatic carbocycles. The average Bonchev–Trinajstić information content (AvgIpc) is 3.17. The number of aromatic nitrogens is 1. The molecule has 55 heavy (non-hydrogen) atoms. The summed E-state index contributed by atoms with van der Waals surface area (Å²) in [5, 5.41) is 0.668. The molecule has 5 aromatic rings. The van der Waals surface area contributed by atoms with Gasteiger partial charge in [-0.1, -0.05) is 54.1 Å². The highest BCUT2D eigenvalue weighted by Crippen LogP contribution is 2.30. The van der Waals surface area contributed by atoms with Gasteiger partial charge in [-0.25, -0.2) is 4.98 Å². The summed E-state index contributed by atoms with van der Waals surface area (Å²) in [6.07, 6.45) is 6.18. The first kappa shape index (κ1) is 41.1. The summed E-state index contributed by atoms with van der Waals surface area (Å²) >= 11 is 6.23. The number of carbonyl (C=O) groups is 1. The van der Waals surface area contributed by atoms with E-state index in [0.717, 1.165) is 65.6 Å². The predicted octanol–water partition coefficient (Wildman–Crippen LogP) is 9.91. The zero-order valence-electron chi connectivity index (χ0n) is 31.9. The number of carbonyl (C=O) groups excluding carboxylic acids is 1. The lowest BCUT2D eigenvalue weighted by molar-refractivity contribution is -0.127. The molecule has 0 spiro atoms. The van der Waals surface area contributed by atoms with E-state index in [-0.39, 0.29) is 24.4 Å². The van der Waals surface area contributed by atoms with Crippen LogP contribution in [0.3, 0.4) is 0 Å². The van der Waals surface area contributed by atoms with Crippen LogP contribution in [0.1, 0.15) is 47.2 Å². The SMILES string of the molecule is Cc1cc(C=CC(=O)N2CCN(Cc3ccc(CCOc4ccc(OC(C)C)cc4)cc3)CC2)cc(C)c1Oc1ccc(OCc2ccccc2Cl)cn1.Cl. The quantitative estimate of drug-likeness (QED) is 0.0980. The number of nitrogens with zero attached hydrogens (tertiary/aromatic N) is 3. The molecule has 1 fully saturated rings. The topological polar surface area (TPSA) is 73.4 Å². The maximum Gasteiger partial charge on any atom is 0.246 e. The van der Waals surface area contributed by atoms with Gasteiger partial charge in [-0.2, -0.15) is 0 Å². The van der Waals surface area contributed by atoms with Crippen LogP contribution in [-0.4, -0.2) is 59.6 Å². The minimum absolute atomic E-state index is 0. The summed E-state index contributed by atoms with van der Waals surface area (Å²) in [4.78, 5) is 21.9. The van der Waals surface area contributed by atoms with Crippen LogP contribution < -0.4 is 18.9 Å². The molecule has 6 rings (SSSR count). The lowest BCUT2D eigenvalue weighted by atomic mass is 10.1. The zero-order chi connectivity index (χ0) is 37.9. The Morgan fingerprint density at radius 2 is 1.47 bits per heavy atom. The fourth-order valence-electron chi connectivity index (χ4n) is 6.28. The molecule has 288 valence electrons. The summed E-state index contributed by atoms with van der Waals surface area (Å²) in [7, 11) is 0. The Hall–Kier alpha value is -5.02. The maximum atomic E-state index is 13.1. The second-order valence-electron chi connectivity index (χ2n) is 13.8. The van der Waals surface area contributed by atoms with E-state index < -0.39 is 0 Å². The first-order chi connectivity index (χ1) is 26.2. The second-order valence-corrected chi connectivity index (χ2v) is 14.2. The third-order valence-corrected chi connectivity index (χ3v) is 9.51. The second kappa shape index (κ2) is 20.1. The van der Waals surface area contributed by atoms with Crippen molar-refractivity contribution >= 4 is 36.0 Å². The zero-order valence-corrected chi connectivity index (χ0v) is 33.4. The minimum atomic E-state index is 0. The summed E-state index contributed by atoms with van der Waals surface area (Å²) in [6, 6.07) is 31.8. The normalized spacial score (nSPS) is 13.1. The number of pyridine rings is 1. The van der Waals surface area contributed by atoms with Gasteiger partial charge in [0.15, 0.2) is 0 Å². The Balaban J connectivity index is 0.00000580. The molecule has 1 aliphatic heterocycles. The number of benzene rings is 4. The third kappa shape index (κ3) is 12.2. The van der Waals surface area contributed by atoms with Crippen molar-refractivity contribution in [2.75, 3.05) is 32.8 Å². The molecule has 0 unspecified atom stereocenters. The number of hydrogen-bond acceptors (Lipinski definition) is 7. The standard InChI is InChI=1S/C45H48ClN3O5.ClH/c1-32(2)53-40-16-14-39(15-17-40)51-26-21-35-9-11-36(12-10-35)30-48-22-24-49(25-23-48)44(50)20-13-37-27-33(3)45(34(4)28-37)54-43-19-18-41(29-47-43)52-31-38-7-5-6-8-42(38)46;/h5-20,27-29,32H,21-26,30-31H2,1-4H3;1H. The highest BCUT2D eigenvalue weighted by Gasteiger charge is 2.20. The molecule has 0 saturated carbocycles. The van der Waals surface area contributed by atoms with Crippen LogP contribution in [0.25, 0.3) is 6.08 Å². The number of ether oxygens (including phenoxy) is 4. The molecule has 0 radical (unpaired) electrons. The summed E-state index contributed by atoms with van der Waals surface area (Å²) in [6.45, 7) is 12.9. The minimum Gasteiger partial charge on any atom is -0.493 e. The van der Waals surface area contributed by atoms with E-state index in [1.807, 2.05) is 105 Å². The third-order valence-electron chi connectivity index (χ3n) is 9.14. The molecule has 1 amide bonds. The fourth-order valence-corrected chi connectivity index (χ4v) is 6.47. The number of rotatable bonds is 15. The van der Waals surface area contributed by atoms with E-state index in [1.54, 1.807) is 18.3 Å². The highest BCUT2D eigenvalue weighted by atomic mass is 35.5. The lowest BCUT2D eigenvalue weighted by Crippen LogP contribution is -2.47. The number of aryl methyl sites for hydroxylation is 2. The van der Waals surface area contributed by atoms with Crippen molar-refractivity contribution in [2.45, 2.75) is 53.4 Å². The van der Waals surface area contributed by atoms with E-state index in [9.17, 15) is 4.79 Å². The molecular weight excluding hydrogens is 733 g/mol. The number of amides is 1. The number of halogens is 2. The van der Waals surface area contributed by atoms with Crippen molar-refractivity contribution < 1.29 is 23.7 Å². The molecule has 2 heterocycles. The van der Waals surface area contributed by atoms with Crippen LogP contribution in [-0.2, 0) is 24.4 Å². The highest BCUT2D eigenvalue weighted by molar-refractivity contribution is 6.31. The van der Waals surface area contributed by atoms with Gasteiger partial charge in [0.05, 0.1) is 18.9 Å². The first-order valence-corrected chi connectivity index (χ1v) is 18.8. The Kier molecular flexibility index (Phi) is 15.0. The Labute approximate surface area is 336 Å². The van der Waals surface area contributed by atoms with Crippen LogP contribution in [0.2, 0.25) is 5.02 Å². The summed E-state index contributed by atoms with van der Waals surface area (Å²) < 4.78 is 23.6. The summed E-state index contributed by atoms with van der Waals surface area (Å²) in [5.41, 5.74) is 6.28. The molecule has 0 N–H and O–H groups in total. The van der Waals surface area contributed by atoms with Gasteiger partial charge < -0.3 is 23.8 Å². The molecular formula is C45H49Cl2N3O5. The van der Waals surface area contributed by atoms with Gasteiger partial charge in [-0.3, -0.25) is 9.69 Å². The molecule has 1 saturated heterocycles. The molecule has 1 aliphatic rings. The van der Waals surface area contributed by atoms with E-state index in [2.05, 4.69) is 34.1 Å². The fraction of sp³-hybridized carbons (Fsp3) is 0.289. The Morgan fingerprint density at radius 3 is 2.13 bits per heavy atom. The van der Waals surface area contributed by atoms with Gasteiger partial charge in [-0.15, -0.1) is 12.4 Å². The van der Waals surface area contributed by atoms with Crippen molar-refractivity contribution in [3.63, 3.8) is 0 Å². The van der Waals surface area contributed by atoms with Crippen molar-refractivity contribution in [2.24, 2.45) is 0 Å².